The number of carbonyl (C=O) groups excluding carboxylic acids is 2. The maximum Gasteiger partial charge on any atom is 0.234 e. The third-order valence-corrected chi connectivity index (χ3v) is 3.43. The number of benzene rings is 1. The molecule has 0 atom stereocenters. The molecule has 0 bridgehead atoms. The third kappa shape index (κ3) is 2.61. The summed E-state index contributed by atoms with van der Waals surface area (Å²) in [6.07, 6.45) is 0.330. The van der Waals surface area contributed by atoms with Gasteiger partial charge in [-0.15, -0.1) is 0 Å². The average molecular weight is 261 g/mol. The number of nitrogens with one attached hydrogen (secondary N) is 2. The van der Waals surface area contributed by atoms with Crippen molar-refractivity contribution in [3.63, 3.8) is 0 Å². The molecule has 5 nitrogen and oxygen atoms in total. The van der Waals surface area contributed by atoms with Crippen molar-refractivity contribution < 1.29 is 9.59 Å². The fourth-order valence-electron chi connectivity index (χ4n) is 2.15. The van der Waals surface area contributed by atoms with Crippen LogP contribution in [-0.4, -0.2) is 18.4 Å². The molecular weight excluding hydrogens is 242 g/mol. The minimum atomic E-state index is -0.521. The lowest BCUT2D eigenvalue weighted by Gasteiger charge is -2.16. The minimum Gasteiger partial charge on any atom is -0.352 e. The Labute approximate surface area is 112 Å². The number of hydrogen-bond donors (Lipinski definition) is 3. The molecular formula is C14H19N3O2. The first-order valence-corrected chi connectivity index (χ1v) is 6.37. The van der Waals surface area contributed by atoms with Gasteiger partial charge in [-0.25, -0.2) is 0 Å². The van der Waals surface area contributed by atoms with Crippen molar-refractivity contribution in [1.82, 2.24) is 5.32 Å². The van der Waals surface area contributed by atoms with Gasteiger partial charge >= 0.3 is 0 Å². The summed E-state index contributed by atoms with van der Waals surface area (Å²) in [6.45, 7) is 4.59. The molecule has 0 saturated carbocycles. The van der Waals surface area contributed by atoms with Crippen LogP contribution in [0.2, 0.25) is 0 Å². The summed E-state index contributed by atoms with van der Waals surface area (Å²) in [5.74, 6) is -0.0525. The highest BCUT2D eigenvalue weighted by Gasteiger charge is 2.38. The SMILES string of the molecule is CC1(C)C(=O)Nc2ccc(CNC(=O)CCN)cc21. The number of fused-ring (bicyclic) bond motifs is 1. The van der Waals surface area contributed by atoms with Gasteiger partial charge in [0, 0.05) is 25.2 Å². The van der Waals surface area contributed by atoms with Crippen LogP contribution >= 0.6 is 0 Å². The van der Waals surface area contributed by atoms with Crippen molar-refractivity contribution in [2.45, 2.75) is 32.2 Å². The standard InChI is InChI=1S/C14H19N3O2/c1-14(2)10-7-9(8-16-12(18)5-6-15)3-4-11(10)17-13(14)19/h3-4,7H,5-6,8,15H2,1-2H3,(H,16,18)(H,17,19). The molecule has 102 valence electrons. The molecule has 2 rings (SSSR count). The first kappa shape index (κ1) is 13.5. The van der Waals surface area contributed by atoms with Crippen LogP contribution in [0.4, 0.5) is 5.69 Å². The van der Waals surface area contributed by atoms with Crippen LogP contribution in [0.3, 0.4) is 0 Å². The molecule has 1 aromatic rings. The molecule has 5 heteroatoms. The second-order valence-electron chi connectivity index (χ2n) is 5.27. The fourth-order valence-corrected chi connectivity index (χ4v) is 2.15. The number of nitrogens with two attached hydrogens (primary N) is 1. The highest BCUT2D eigenvalue weighted by Crippen LogP contribution is 2.37. The molecule has 0 spiro atoms. The summed E-state index contributed by atoms with van der Waals surface area (Å²) in [6, 6.07) is 5.76. The predicted octanol–water partition coefficient (Wildman–Crippen LogP) is 0.881. The second-order valence-corrected chi connectivity index (χ2v) is 5.27. The summed E-state index contributed by atoms with van der Waals surface area (Å²) in [4.78, 5) is 23.2. The number of rotatable bonds is 4. The Morgan fingerprint density at radius 3 is 2.84 bits per heavy atom. The molecule has 0 aliphatic carbocycles. The van der Waals surface area contributed by atoms with Gasteiger partial charge in [0.25, 0.3) is 0 Å². The summed E-state index contributed by atoms with van der Waals surface area (Å²) in [5.41, 5.74) is 7.60. The molecule has 1 aromatic carbocycles. The smallest absolute Gasteiger partial charge is 0.234 e. The number of hydrogen-bond acceptors (Lipinski definition) is 3. The summed E-state index contributed by atoms with van der Waals surface area (Å²) in [5, 5.41) is 5.66. The van der Waals surface area contributed by atoms with Crippen molar-refractivity contribution in [2.75, 3.05) is 11.9 Å². The van der Waals surface area contributed by atoms with E-state index in [0.29, 0.717) is 19.5 Å². The van der Waals surface area contributed by atoms with Gasteiger partial charge in [0.15, 0.2) is 0 Å². The van der Waals surface area contributed by atoms with Crippen LogP contribution in [0.5, 0.6) is 0 Å². The third-order valence-electron chi connectivity index (χ3n) is 3.43. The Balaban J connectivity index is 2.12. The maximum atomic E-state index is 11.8. The van der Waals surface area contributed by atoms with E-state index in [0.717, 1.165) is 16.8 Å². The van der Waals surface area contributed by atoms with Crippen molar-refractivity contribution in [1.29, 1.82) is 0 Å². The summed E-state index contributed by atoms with van der Waals surface area (Å²) >= 11 is 0. The molecule has 1 aliphatic rings. The number of carbonyl (C=O) groups is 2. The summed E-state index contributed by atoms with van der Waals surface area (Å²) in [7, 11) is 0. The van der Waals surface area contributed by atoms with Crippen LogP contribution in [-0.2, 0) is 21.5 Å². The van der Waals surface area contributed by atoms with Gasteiger partial charge in [0.05, 0.1) is 5.41 Å². The van der Waals surface area contributed by atoms with Crippen molar-refractivity contribution in [3.8, 4) is 0 Å². The van der Waals surface area contributed by atoms with Gasteiger partial charge in [0.2, 0.25) is 11.8 Å². The lowest BCUT2D eigenvalue weighted by molar-refractivity contribution is -0.121. The molecule has 4 N–H and O–H groups in total. The van der Waals surface area contributed by atoms with Crippen LogP contribution in [0, 0.1) is 0 Å². The van der Waals surface area contributed by atoms with E-state index in [-0.39, 0.29) is 11.8 Å². The van der Waals surface area contributed by atoms with Crippen molar-refractivity contribution in [3.05, 3.63) is 29.3 Å². The van der Waals surface area contributed by atoms with Gasteiger partial charge in [-0.05, 0) is 31.0 Å². The van der Waals surface area contributed by atoms with Crippen molar-refractivity contribution in [2.24, 2.45) is 5.73 Å². The normalized spacial score (nSPS) is 15.8. The highest BCUT2D eigenvalue weighted by atomic mass is 16.2. The Hall–Kier alpha value is -1.88. The van der Waals surface area contributed by atoms with E-state index >= 15 is 0 Å². The molecule has 1 heterocycles. The van der Waals surface area contributed by atoms with Gasteiger partial charge in [-0.3, -0.25) is 9.59 Å². The molecule has 0 fully saturated rings. The molecule has 0 saturated heterocycles. The lowest BCUT2D eigenvalue weighted by atomic mass is 9.85. The zero-order chi connectivity index (χ0) is 14.0. The predicted molar refractivity (Wildman–Crippen MR) is 73.6 cm³/mol. The van der Waals surface area contributed by atoms with E-state index in [1.807, 2.05) is 32.0 Å². The Bertz CT molecular complexity index is 523. The van der Waals surface area contributed by atoms with Gasteiger partial charge in [-0.2, -0.15) is 0 Å². The lowest BCUT2D eigenvalue weighted by Crippen LogP contribution is -2.27. The molecule has 0 aromatic heterocycles. The van der Waals surface area contributed by atoms with Crippen LogP contribution < -0.4 is 16.4 Å². The van der Waals surface area contributed by atoms with Crippen LogP contribution in [0.25, 0.3) is 0 Å². The van der Waals surface area contributed by atoms with Gasteiger partial charge in [0.1, 0.15) is 0 Å². The first-order chi connectivity index (χ1) is 8.95. The van der Waals surface area contributed by atoms with Crippen molar-refractivity contribution >= 4 is 17.5 Å². The topological polar surface area (TPSA) is 84.2 Å². The van der Waals surface area contributed by atoms with Crippen LogP contribution in [0.15, 0.2) is 18.2 Å². The molecule has 19 heavy (non-hydrogen) atoms. The van der Waals surface area contributed by atoms with E-state index in [1.54, 1.807) is 0 Å². The number of anilines is 1. The Morgan fingerprint density at radius 2 is 2.16 bits per heavy atom. The Morgan fingerprint density at radius 1 is 1.42 bits per heavy atom. The highest BCUT2D eigenvalue weighted by molar-refractivity contribution is 6.05. The Kier molecular flexibility index (Phi) is 3.57. The summed E-state index contributed by atoms with van der Waals surface area (Å²) < 4.78 is 0. The first-order valence-electron chi connectivity index (χ1n) is 6.37. The molecule has 2 amide bonds. The van der Waals surface area contributed by atoms with E-state index in [1.165, 1.54) is 0 Å². The minimum absolute atomic E-state index is 0.00631. The molecule has 0 radical (unpaired) electrons. The molecule has 0 unspecified atom stereocenters. The van der Waals surface area contributed by atoms with E-state index in [9.17, 15) is 9.59 Å². The quantitative estimate of drug-likeness (QED) is 0.752. The fraction of sp³-hybridized carbons (Fsp3) is 0.429. The zero-order valence-corrected chi connectivity index (χ0v) is 11.2. The zero-order valence-electron chi connectivity index (χ0n) is 11.2. The van der Waals surface area contributed by atoms with E-state index in [4.69, 9.17) is 5.73 Å². The van der Waals surface area contributed by atoms with Gasteiger partial charge in [-0.1, -0.05) is 12.1 Å². The van der Waals surface area contributed by atoms with E-state index < -0.39 is 5.41 Å². The second kappa shape index (κ2) is 5.01. The van der Waals surface area contributed by atoms with Crippen LogP contribution in [0.1, 0.15) is 31.4 Å². The van der Waals surface area contributed by atoms with Gasteiger partial charge < -0.3 is 16.4 Å². The average Bonchev–Trinajstić information content (AvgIpc) is 2.59. The number of amides is 2. The largest absolute Gasteiger partial charge is 0.352 e. The molecule has 1 aliphatic heterocycles. The maximum absolute atomic E-state index is 11.8. The van der Waals surface area contributed by atoms with E-state index in [2.05, 4.69) is 10.6 Å². The monoisotopic (exact) mass is 261 g/mol.